The molecule has 0 spiro atoms. The predicted octanol–water partition coefficient (Wildman–Crippen LogP) is 15.3. The lowest BCUT2D eigenvalue weighted by Gasteiger charge is -2.18. The van der Waals surface area contributed by atoms with E-state index in [0.29, 0.717) is 19.3 Å². The van der Waals surface area contributed by atoms with Crippen LogP contribution in [0.25, 0.3) is 0 Å². The zero-order valence-corrected chi connectivity index (χ0v) is 37.3. The third-order valence-electron chi connectivity index (χ3n) is 9.98. The normalized spacial score (nSPS) is 12.5. The molecule has 0 rings (SSSR count). The average Bonchev–Trinajstić information content (AvgIpc) is 3.21. The number of allylic oxidation sites excluding steroid dienone is 10. The molecule has 0 fully saturated rings. The summed E-state index contributed by atoms with van der Waals surface area (Å²) in [6.07, 6.45) is 54.9. The summed E-state index contributed by atoms with van der Waals surface area (Å²) in [7, 11) is 0. The van der Waals surface area contributed by atoms with Gasteiger partial charge in [0.05, 0.1) is 0 Å². The number of esters is 3. The fraction of sp³-hybridized carbons (Fsp3) is 0.745. The molecule has 0 aliphatic rings. The lowest BCUT2D eigenvalue weighted by atomic mass is 10.1. The number of carbonyl (C=O) groups excluding carboxylic acids is 3. The Labute approximate surface area is 351 Å². The Hall–Kier alpha value is -2.89. The van der Waals surface area contributed by atoms with E-state index >= 15 is 0 Å². The van der Waals surface area contributed by atoms with Gasteiger partial charge in [0.2, 0.25) is 0 Å². The molecule has 1 atom stereocenters. The molecule has 0 aromatic heterocycles. The third kappa shape index (κ3) is 44.1. The lowest BCUT2D eigenvalue weighted by molar-refractivity contribution is -0.167. The number of hydrogen-bond donors (Lipinski definition) is 0. The Morgan fingerprint density at radius 1 is 0.368 bits per heavy atom. The van der Waals surface area contributed by atoms with Crippen molar-refractivity contribution in [3.05, 3.63) is 60.8 Å². The van der Waals surface area contributed by atoms with Crippen LogP contribution in [0.1, 0.15) is 226 Å². The van der Waals surface area contributed by atoms with Crippen LogP contribution in [0.3, 0.4) is 0 Å². The van der Waals surface area contributed by atoms with Crippen LogP contribution in [0.2, 0.25) is 0 Å². The molecule has 0 aromatic carbocycles. The number of unbranched alkanes of at least 4 members (excludes halogenated alkanes) is 21. The van der Waals surface area contributed by atoms with Gasteiger partial charge in [-0.05, 0) is 96.3 Å². The van der Waals surface area contributed by atoms with Crippen LogP contribution < -0.4 is 0 Å². The third-order valence-corrected chi connectivity index (χ3v) is 9.98. The van der Waals surface area contributed by atoms with E-state index in [0.717, 1.165) is 122 Å². The van der Waals surface area contributed by atoms with Gasteiger partial charge in [0.15, 0.2) is 6.10 Å². The molecule has 1 unspecified atom stereocenters. The zero-order valence-electron chi connectivity index (χ0n) is 37.3. The van der Waals surface area contributed by atoms with Crippen LogP contribution in [0, 0.1) is 0 Å². The number of hydrogen-bond acceptors (Lipinski definition) is 6. The summed E-state index contributed by atoms with van der Waals surface area (Å²) < 4.78 is 16.7. The molecule has 328 valence electrons. The molecule has 0 aliphatic carbocycles. The van der Waals surface area contributed by atoms with E-state index in [1.807, 2.05) is 0 Å². The highest BCUT2D eigenvalue weighted by molar-refractivity contribution is 5.71. The van der Waals surface area contributed by atoms with Crippen molar-refractivity contribution in [1.29, 1.82) is 0 Å². The first-order chi connectivity index (χ1) is 28.0. The molecule has 0 saturated carbocycles. The van der Waals surface area contributed by atoms with Crippen molar-refractivity contribution in [3.63, 3.8) is 0 Å². The second kappa shape index (κ2) is 45.8. The van der Waals surface area contributed by atoms with Crippen LogP contribution in [-0.4, -0.2) is 37.2 Å². The fourth-order valence-corrected chi connectivity index (χ4v) is 6.37. The molecular formula is C51H88O6. The van der Waals surface area contributed by atoms with Crippen LogP contribution in [0.4, 0.5) is 0 Å². The molecule has 0 N–H and O–H groups in total. The van der Waals surface area contributed by atoms with Gasteiger partial charge in [0, 0.05) is 19.3 Å². The van der Waals surface area contributed by atoms with Crippen LogP contribution in [0.15, 0.2) is 60.8 Å². The maximum absolute atomic E-state index is 12.7. The van der Waals surface area contributed by atoms with E-state index in [9.17, 15) is 14.4 Å². The summed E-state index contributed by atoms with van der Waals surface area (Å²) >= 11 is 0. The van der Waals surface area contributed by atoms with E-state index < -0.39 is 6.10 Å². The van der Waals surface area contributed by atoms with Gasteiger partial charge in [-0.2, -0.15) is 0 Å². The minimum Gasteiger partial charge on any atom is -0.462 e. The number of ether oxygens (including phenoxy) is 3. The first-order valence-corrected chi connectivity index (χ1v) is 23.8. The SMILES string of the molecule is CC/C=C\C/C=C\CCCCCCCC(=O)OC(COC(=O)CCCCCC/C=C\CCCC)COC(=O)CCCCCCCCC/C=C\C/C=C\CCCCC. The van der Waals surface area contributed by atoms with Crippen molar-refractivity contribution in [2.45, 2.75) is 232 Å². The highest BCUT2D eigenvalue weighted by atomic mass is 16.6. The predicted molar refractivity (Wildman–Crippen MR) is 242 cm³/mol. The molecule has 0 saturated heterocycles. The van der Waals surface area contributed by atoms with Crippen molar-refractivity contribution < 1.29 is 28.6 Å². The Balaban J connectivity index is 4.37. The second-order valence-electron chi connectivity index (χ2n) is 15.6. The number of rotatable bonds is 42. The standard InChI is InChI=1S/C51H88O6/c1-4-7-10-13-16-19-22-24-25-26-27-28-30-32-35-38-41-44-50(53)56-47-48(46-55-49(52)43-40-37-34-31-21-18-15-12-9-6-3)57-51(54)45-42-39-36-33-29-23-20-17-14-11-8-5-2/h8,11,15-20,24-25,48H,4-7,9-10,12-14,21-23,26-47H2,1-3H3/b11-8-,18-15-,19-16-,20-17-,25-24-. The molecular weight excluding hydrogens is 709 g/mol. The van der Waals surface area contributed by atoms with E-state index in [4.69, 9.17) is 14.2 Å². The van der Waals surface area contributed by atoms with Crippen LogP contribution >= 0.6 is 0 Å². The summed E-state index contributed by atoms with van der Waals surface area (Å²) in [5.41, 5.74) is 0. The summed E-state index contributed by atoms with van der Waals surface area (Å²) in [5.74, 6) is -0.927. The van der Waals surface area contributed by atoms with E-state index in [1.165, 1.54) is 64.2 Å². The van der Waals surface area contributed by atoms with Crippen molar-refractivity contribution in [3.8, 4) is 0 Å². The Morgan fingerprint density at radius 2 is 0.702 bits per heavy atom. The van der Waals surface area contributed by atoms with E-state index in [2.05, 4.69) is 81.5 Å². The van der Waals surface area contributed by atoms with Crippen LogP contribution in [-0.2, 0) is 28.6 Å². The Morgan fingerprint density at radius 3 is 1.12 bits per heavy atom. The van der Waals surface area contributed by atoms with Gasteiger partial charge in [-0.1, -0.05) is 171 Å². The van der Waals surface area contributed by atoms with Crippen LogP contribution in [0.5, 0.6) is 0 Å². The molecule has 6 heteroatoms. The van der Waals surface area contributed by atoms with Gasteiger partial charge in [0.1, 0.15) is 13.2 Å². The van der Waals surface area contributed by atoms with Crippen molar-refractivity contribution in [1.82, 2.24) is 0 Å². The largest absolute Gasteiger partial charge is 0.462 e. The average molecular weight is 797 g/mol. The first-order valence-electron chi connectivity index (χ1n) is 23.8. The highest BCUT2D eigenvalue weighted by Crippen LogP contribution is 2.13. The zero-order chi connectivity index (χ0) is 41.5. The highest BCUT2D eigenvalue weighted by Gasteiger charge is 2.19. The first kappa shape index (κ1) is 54.1. The minimum atomic E-state index is -0.786. The monoisotopic (exact) mass is 797 g/mol. The maximum atomic E-state index is 12.7. The van der Waals surface area contributed by atoms with Gasteiger partial charge >= 0.3 is 17.9 Å². The van der Waals surface area contributed by atoms with E-state index in [1.54, 1.807) is 0 Å². The van der Waals surface area contributed by atoms with Crippen molar-refractivity contribution in [2.24, 2.45) is 0 Å². The van der Waals surface area contributed by atoms with Gasteiger partial charge in [0.25, 0.3) is 0 Å². The number of carbonyl (C=O) groups is 3. The molecule has 0 amide bonds. The van der Waals surface area contributed by atoms with Gasteiger partial charge in [-0.3, -0.25) is 14.4 Å². The lowest BCUT2D eigenvalue weighted by Crippen LogP contribution is -2.30. The molecule has 0 aromatic rings. The summed E-state index contributed by atoms with van der Waals surface area (Å²) in [6.45, 7) is 6.42. The Kier molecular flexibility index (Phi) is 43.5. The summed E-state index contributed by atoms with van der Waals surface area (Å²) in [4.78, 5) is 37.8. The van der Waals surface area contributed by atoms with Gasteiger partial charge < -0.3 is 14.2 Å². The molecule has 6 nitrogen and oxygen atoms in total. The van der Waals surface area contributed by atoms with Crippen molar-refractivity contribution in [2.75, 3.05) is 13.2 Å². The van der Waals surface area contributed by atoms with Gasteiger partial charge in [-0.15, -0.1) is 0 Å². The second-order valence-corrected chi connectivity index (χ2v) is 15.6. The molecule has 0 radical (unpaired) electrons. The fourth-order valence-electron chi connectivity index (χ4n) is 6.37. The molecule has 0 heterocycles. The van der Waals surface area contributed by atoms with Gasteiger partial charge in [-0.25, -0.2) is 0 Å². The quantitative estimate of drug-likeness (QED) is 0.0265. The Bertz CT molecular complexity index is 1050. The summed E-state index contributed by atoms with van der Waals surface area (Å²) in [6, 6.07) is 0. The van der Waals surface area contributed by atoms with E-state index in [-0.39, 0.29) is 31.1 Å². The topological polar surface area (TPSA) is 78.9 Å². The molecule has 57 heavy (non-hydrogen) atoms. The minimum absolute atomic E-state index is 0.0882. The molecule has 0 aliphatic heterocycles. The molecule has 0 bridgehead atoms. The maximum Gasteiger partial charge on any atom is 0.306 e. The summed E-state index contributed by atoms with van der Waals surface area (Å²) in [5, 5.41) is 0. The van der Waals surface area contributed by atoms with Crippen molar-refractivity contribution >= 4 is 17.9 Å². The smallest absolute Gasteiger partial charge is 0.306 e.